The van der Waals surface area contributed by atoms with Gasteiger partial charge in [-0.25, -0.2) is 0 Å². The Bertz CT molecular complexity index is 807. The molecule has 1 aromatic rings. The highest BCUT2D eigenvalue weighted by atomic mass is 16.4. The molecule has 8 nitrogen and oxygen atoms in total. The van der Waals surface area contributed by atoms with Crippen LogP contribution in [0.5, 0.6) is 0 Å². The van der Waals surface area contributed by atoms with E-state index in [2.05, 4.69) is 12.2 Å². The fraction of sp³-hybridized carbons (Fsp3) is 0.545. The van der Waals surface area contributed by atoms with Crippen LogP contribution in [0, 0.1) is 11.8 Å². The van der Waals surface area contributed by atoms with Crippen LogP contribution in [0.1, 0.15) is 49.4 Å². The summed E-state index contributed by atoms with van der Waals surface area (Å²) in [6.07, 6.45) is 3.42. The first-order chi connectivity index (χ1) is 14.4. The molecular weight excluding hydrogens is 386 g/mol. The van der Waals surface area contributed by atoms with Crippen LogP contribution >= 0.6 is 0 Å². The minimum atomic E-state index is -0.871. The Morgan fingerprint density at radius 1 is 1.13 bits per heavy atom. The van der Waals surface area contributed by atoms with Crippen molar-refractivity contribution in [3.63, 3.8) is 0 Å². The van der Waals surface area contributed by atoms with Gasteiger partial charge in [0, 0.05) is 43.9 Å². The third kappa shape index (κ3) is 5.17. The summed E-state index contributed by atoms with van der Waals surface area (Å²) in [5.74, 6) is -2.13. The maximum Gasteiger partial charge on any atom is 0.308 e. The normalized spacial score (nSPS) is 21.6. The molecular formula is C22H29N3O5. The van der Waals surface area contributed by atoms with Gasteiger partial charge < -0.3 is 20.2 Å². The number of piperidine rings is 1. The number of anilines is 1. The van der Waals surface area contributed by atoms with Crippen molar-refractivity contribution in [1.29, 1.82) is 0 Å². The van der Waals surface area contributed by atoms with Gasteiger partial charge in [0.15, 0.2) is 0 Å². The summed E-state index contributed by atoms with van der Waals surface area (Å²) < 4.78 is 0. The molecule has 2 saturated heterocycles. The van der Waals surface area contributed by atoms with E-state index in [0.717, 1.165) is 12.8 Å². The molecule has 8 heteroatoms. The average molecular weight is 415 g/mol. The quantitative estimate of drug-likeness (QED) is 0.710. The molecule has 0 radical (unpaired) electrons. The number of carboxylic acids is 1. The van der Waals surface area contributed by atoms with Crippen molar-refractivity contribution in [2.24, 2.45) is 11.8 Å². The zero-order valence-corrected chi connectivity index (χ0v) is 17.3. The van der Waals surface area contributed by atoms with Crippen molar-refractivity contribution in [1.82, 2.24) is 9.80 Å². The third-order valence-corrected chi connectivity index (χ3v) is 5.82. The zero-order valence-electron chi connectivity index (χ0n) is 17.3. The van der Waals surface area contributed by atoms with Crippen molar-refractivity contribution in [3.05, 3.63) is 29.8 Å². The number of hydrogen-bond donors (Lipinski definition) is 2. The van der Waals surface area contributed by atoms with Crippen LogP contribution in [0.4, 0.5) is 5.69 Å². The summed E-state index contributed by atoms with van der Waals surface area (Å²) in [7, 11) is 0. The molecule has 0 spiro atoms. The van der Waals surface area contributed by atoms with E-state index >= 15 is 0 Å². The van der Waals surface area contributed by atoms with Gasteiger partial charge in [-0.3, -0.25) is 19.2 Å². The summed E-state index contributed by atoms with van der Waals surface area (Å²) in [5.41, 5.74) is 1.03. The Hall–Kier alpha value is -2.90. The lowest BCUT2D eigenvalue weighted by Crippen LogP contribution is -2.42. The van der Waals surface area contributed by atoms with Crippen molar-refractivity contribution in [2.45, 2.75) is 39.0 Å². The zero-order chi connectivity index (χ0) is 21.7. The van der Waals surface area contributed by atoms with Crippen molar-refractivity contribution < 1.29 is 24.3 Å². The Morgan fingerprint density at radius 3 is 2.53 bits per heavy atom. The second-order valence-corrected chi connectivity index (χ2v) is 8.09. The first kappa shape index (κ1) is 21.8. The molecule has 0 saturated carbocycles. The number of nitrogens with one attached hydrogen (secondary N) is 1. The molecule has 2 atom stereocenters. The number of rotatable bonds is 7. The molecule has 0 bridgehead atoms. The van der Waals surface area contributed by atoms with Crippen molar-refractivity contribution in [3.8, 4) is 0 Å². The van der Waals surface area contributed by atoms with Gasteiger partial charge in [0.25, 0.3) is 5.91 Å². The highest BCUT2D eigenvalue weighted by molar-refractivity contribution is 5.98. The second kappa shape index (κ2) is 9.73. The van der Waals surface area contributed by atoms with Gasteiger partial charge in [0.1, 0.15) is 0 Å². The molecule has 2 aliphatic rings. The number of carbonyl (C=O) groups is 4. The molecule has 1 aromatic carbocycles. The number of amides is 3. The third-order valence-electron chi connectivity index (χ3n) is 5.82. The van der Waals surface area contributed by atoms with Crippen LogP contribution in [0.3, 0.4) is 0 Å². The predicted octanol–water partition coefficient (Wildman–Crippen LogP) is 2.21. The number of likely N-dealkylation sites (tertiary alicyclic amines) is 2. The Balaban J connectivity index is 1.55. The number of nitrogens with zero attached hydrogens (tertiary/aromatic N) is 2. The molecule has 3 rings (SSSR count). The molecule has 2 fully saturated rings. The molecule has 30 heavy (non-hydrogen) atoms. The second-order valence-electron chi connectivity index (χ2n) is 8.09. The topological polar surface area (TPSA) is 107 Å². The maximum absolute atomic E-state index is 12.7. The minimum absolute atomic E-state index is 0.0192. The lowest BCUT2D eigenvalue weighted by atomic mass is 9.97. The van der Waals surface area contributed by atoms with E-state index in [1.54, 1.807) is 34.1 Å². The lowest BCUT2D eigenvalue weighted by molar-refractivity contribution is -0.143. The standard InChI is InChI=1S/C22H29N3O5/c1-2-3-10-24-14-17(12-19(24)26)20(27)23-18-8-6-15(7-9-18)21(28)25-11-4-5-16(13-25)22(29)30/h6-9,16-17H,2-5,10-14H2,1H3,(H,23,27)(H,29,30)/t16-,17-/m1/s1. The van der Waals surface area contributed by atoms with E-state index in [1.165, 1.54) is 0 Å². The highest BCUT2D eigenvalue weighted by Gasteiger charge is 2.34. The van der Waals surface area contributed by atoms with Gasteiger partial charge in [0.05, 0.1) is 11.8 Å². The van der Waals surface area contributed by atoms with E-state index in [9.17, 15) is 24.3 Å². The van der Waals surface area contributed by atoms with Crippen LogP contribution in [0.2, 0.25) is 0 Å². The number of hydrogen-bond acceptors (Lipinski definition) is 4. The molecule has 0 aliphatic carbocycles. The number of carboxylic acid groups (broad SMARTS) is 1. The molecule has 0 aromatic heterocycles. The first-order valence-corrected chi connectivity index (χ1v) is 10.6. The monoisotopic (exact) mass is 415 g/mol. The highest BCUT2D eigenvalue weighted by Crippen LogP contribution is 2.22. The molecule has 0 unspecified atom stereocenters. The summed E-state index contributed by atoms with van der Waals surface area (Å²) in [4.78, 5) is 51.8. The van der Waals surface area contributed by atoms with E-state index in [4.69, 9.17) is 0 Å². The molecule has 2 heterocycles. The van der Waals surface area contributed by atoms with Gasteiger partial charge in [-0.1, -0.05) is 13.3 Å². The van der Waals surface area contributed by atoms with Gasteiger partial charge in [-0.2, -0.15) is 0 Å². The minimum Gasteiger partial charge on any atom is -0.481 e. The van der Waals surface area contributed by atoms with Crippen LogP contribution in [-0.2, 0) is 14.4 Å². The van der Waals surface area contributed by atoms with Crippen LogP contribution in [0.15, 0.2) is 24.3 Å². The summed E-state index contributed by atoms with van der Waals surface area (Å²) in [6.45, 7) is 3.97. The van der Waals surface area contributed by atoms with Gasteiger partial charge in [-0.05, 0) is 43.5 Å². The Labute approximate surface area is 176 Å². The average Bonchev–Trinajstić information content (AvgIpc) is 3.13. The van der Waals surface area contributed by atoms with Crippen LogP contribution in [-0.4, -0.2) is 64.8 Å². The SMILES string of the molecule is CCCCN1C[C@H](C(=O)Nc2ccc(C(=O)N3CCC[C@@H](C(=O)O)C3)cc2)CC1=O. The lowest BCUT2D eigenvalue weighted by Gasteiger charge is -2.30. The number of aliphatic carboxylic acids is 1. The van der Waals surface area contributed by atoms with E-state index in [0.29, 0.717) is 43.7 Å². The summed E-state index contributed by atoms with van der Waals surface area (Å²) >= 11 is 0. The number of carbonyl (C=O) groups excluding carboxylic acids is 3. The van der Waals surface area contributed by atoms with E-state index in [-0.39, 0.29) is 36.6 Å². The fourth-order valence-electron chi connectivity index (χ4n) is 4.00. The molecule has 162 valence electrons. The van der Waals surface area contributed by atoms with E-state index in [1.807, 2.05) is 0 Å². The number of unbranched alkanes of at least 4 members (excludes halogenated alkanes) is 1. The van der Waals surface area contributed by atoms with E-state index < -0.39 is 11.9 Å². The van der Waals surface area contributed by atoms with Crippen molar-refractivity contribution >= 4 is 29.4 Å². The first-order valence-electron chi connectivity index (χ1n) is 10.6. The smallest absolute Gasteiger partial charge is 0.308 e. The summed E-state index contributed by atoms with van der Waals surface area (Å²) in [6, 6.07) is 6.59. The largest absolute Gasteiger partial charge is 0.481 e. The molecule has 3 amide bonds. The Morgan fingerprint density at radius 2 is 1.87 bits per heavy atom. The summed E-state index contributed by atoms with van der Waals surface area (Å²) in [5, 5.41) is 12.0. The van der Waals surface area contributed by atoms with Gasteiger partial charge >= 0.3 is 5.97 Å². The molecule has 2 N–H and O–H groups in total. The fourth-order valence-corrected chi connectivity index (χ4v) is 4.00. The van der Waals surface area contributed by atoms with Crippen molar-refractivity contribution in [2.75, 3.05) is 31.5 Å². The maximum atomic E-state index is 12.7. The van der Waals surface area contributed by atoms with Crippen LogP contribution in [0.25, 0.3) is 0 Å². The predicted molar refractivity (Wildman–Crippen MR) is 111 cm³/mol. The van der Waals surface area contributed by atoms with Crippen LogP contribution < -0.4 is 5.32 Å². The Kier molecular flexibility index (Phi) is 7.07. The number of benzene rings is 1. The van der Waals surface area contributed by atoms with Gasteiger partial charge in [-0.15, -0.1) is 0 Å². The molecule has 2 aliphatic heterocycles. The van der Waals surface area contributed by atoms with Gasteiger partial charge in [0.2, 0.25) is 11.8 Å².